The molecule has 2 saturated heterocycles. The van der Waals surface area contributed by atoms with Crippen LogP contribution in [0, 0.1) is 5.92 Å². The minimum atomic E-state index is 0.140. The van der Waals surface area contributed by atoms with Crippen LogP contribution in [0.4, 0.5) is 0 Å². The lowest BCUT2D eigenvalue weighted by atomic mass is 9.83. The molecule has 3 nitrogen and oxygen atoms in total. The van der Waals surface area contributed by atoms with Gasteiger partial charge >= 0.3 is 0 Å². The van der Waals surface area contributed by atoms with Crippen LogP contribution in [0.2, 0.25) is 0 Å². The maximum absolute atomic E-state index is 6.11. The van der Waals surface area contributed by atoms with E-state index < -0.39 is 0 Å². The van der Waals surface area contributed by atoms with Crippen molar-refractivity contribution < 1.29 is 9.47 Å². The van der Waals surface area contributed by atoms with Gasteiger partial charge in [0.15, 0.2) is 0 Å². The Kier molecular flexibility index (Phi) is 4.78. The first-order chi connectivity index (χ1) is 9.36. The smallest absolute Gasteiger partial charge is 0.0741 e. The van der Waals surface area contributed by atoms with Gasteiger partial charge in [0.2, 0.25) is 0 Å². The fourth-order valence-corrected chi connectivity index (χ4v) is 4.02. The molecule has 1 saturated carbocycles. The molecule has 1 N–H and O–H groups in total. The third-order valence-corrected chi connectivity index (χ3v) is 5.32. The molecule has 2 aliphatic heterocycles. The van der Waals surface area contributed by atoms with E-state index in [4.69, 9.17) is 9.47 Å². The Balaban J connectivity index is 1.45. The molecule has 0 amide bonds. The van der Waals surface area contributed by atoms with Crippen molar-refractivity contribution in [3.05, 3.63) is 0 Å². The van der Waals surface area contributed by atoms with Gasteiger partial charge in [-0.3, -0.25) is 0 Å². The van der Waals surface area contributed by atoms with Gasteiger partial charge in [-0.1, -0.05) is 19.3 Å². The molecule has 0 aromatic carbocycles. The number of hydrogen-bond donors (Lipinski definition) is 1. The summed E-state index contributed by atoms with van der Waals surface area (Å²) < 4.78 is 11.6. The van der Waals surface area contributed by atoms with E-state index in [2.05, 4.69) is 5.32 Å². The highest BCUT2D eigenvalue weighted by Crippen LogP contribution is 2.34. The molecule has 110 valence electrons. The molecular weight excluding hydrogens is 238 g/mol. The van der Waals surface area contributed by atoms with Crippen LogP contribution < -0.4 is 5.32 Å². The first kappa shape index (κ1) is 13.8. The summed E-state index contributed by atoms with van der Waals surface area (Å²) in [6.07, 6.45) is 11.8. The standard InChI is InChI=1S/C16H29NO2/c1-2-4-14(5-3-1)13-17-15-6-9-19-16(12-15)7-10-18-11-8-16/h14-15,17H,1-13H2. The summed E-state index contributed by atoms with van der Waals surface area (Å²) >= 11 is 0. The van der Waals surface area contributed by atoms with Gasteiger partial charge in [-0.05, 0) is 51.0 Å². The highest BCUT2D eigenvalue weighted by Gasteiger charge is 2.38. The molecule has 1 aliphatic carbocycles. The Hall–Kier alpha value is -0.120. The molecule has 1 spiro atoms. The van der Waals surface area contributed by atoms with Crippen LogP contribution in [0.25, 0.3) is 0 Å². The van der Waals surface area contributed by atoms with Gasteiger partial charge in [-0.2, -0.15) is 0 Å². The molecule has 3 heteroatoms. The van der Waals surface area contributed by atoms with E-state index >= 15 is 0 Å². The monoisotopic (exact) mass is 267 g/mol. The summed E-state index contributed by atoms with van der Waals surface area (Å²) in [6, 6.07) is 0.675. The Labute approximate surface area is 117 Å². The van der Waals surface area contributed by atoms with Crippen molar-refractivity contribution in [3.8, 4) is 0 Å². The van der Waals surface area contributed by atoms with Crippen LogP contribution in [-0.4, -0.2) is 38.0 Å². The van der Waals surface area contributed by atoms with E-state index in [1.165, 1.54) is 51.5 Å². The Bertz CT molecular complexity index is 264. The Morgan fingerprint density at radius 3 is 2.53 bits per heavy atom. The average Bonchev–Trinajstić information content (AvgIpc) is 2.47. The van der Waals surface area contributed by atoms with E-state index in [9.17, 15) is 0 Å². The average molecular weight is 267 g/mol. The minimum Gasteiger partial charge on any atom is -0.381 e. The van der Waals surface area contributed by atoms with Gasteiger partial charge in [0, 0.05) is 25.9 Å². The van der Waals surface area contributed by atoms with Crippen molar-refractivity contribution >= 4 is 0 Å². The highest BCUT2D eigenvalue weighted by atomic mass is 16.5. The fourth-order valence-electron chi connectivity index (χ4n) is 4.02. The van der Waals surface area contributed by atoms with Crippen LogP contribution in [0.1, 0.15) is 57.8 Å². The van der Waals surface area contributed by atoms with Crippen LogP contribution in [-0.2, 0) is 9.47 Å². The first-order valence-electron chi connectivity index (χ1n) is 8.31. The summed E-state index contributed by atoms with van der Waals surface area (Å²) in [5.74, 6) is 0.933. The fraction of sp³-hybridized carbons (Fsp3) is 1.00. The topological polar surface area (TPSA) is 30.5 Å². The summed E-state index contributed by atoms with van der Waals surface area (Å²) in [4.78, 5) is 0. The van der Waals surface area contributed by atoms with Crippen molar-refractivity contribution in [2.75, 3.05) is 26.4 Å². The first-order valence-corrected chi connectivity index (χ1v) is 8.31. The molecule has 19 heavy (non-hydrogen) atoms. The predicted molar refractivity (Wildman–Crippen MR) is 76.3 cm³/mol. The van der Waals surface area contributed by atoms with Crippen LogP contribution in [0.3, 0.4) is 0 Å². The zero-order chi connectivity index (χ0) is 13.0. The second-order valence-corrected chi connectivity index (χ2v) is 6.75. The molecule has 3 aliphatic rings. The number of ether oxygens (including phenoxy) is 2. The number of hydrogen-bond acceptors (Lipinski definition) is 3. The van der Waals surface area contributed by atoms with Gasteiger partial charge in [0.05, 0.1) is 5.60 Å². The SMILES string of the molecule is C1CCC(CNC2CCOC3(CCOCC3)C2)CC1. The van der Waals surface area contributed by atoms with E-state index in [1.54, 1.807) is 0 Å². The second-order valence-electron chi connectivity index (χ2n) is 6.75. The normalized spacial score (nSPS) is 32.5. The lowest BCUT2D eigenvalue weighted by molar-refractivity contribution is -0.140. The zero-order valence-corrected chi connectivity index (χ0v) is 12.2. The van der Waals surface area contributed by atoms with Crippen LogP contribution in [0.5, 0.6) is 0 Å². The predicted octanol–water partition coefficient (Wildman–Crippen LogP) is 2.88. The van der Waals surface area contributed by atoms with Gasteiger partial charge in [0.1, 0.15) is 0 Å². The Morgan fingerprint density at radius 2 is 1.74 bits per heavy atom. The van der Waals surface area contributed by atoms with E-state index in [1.807, 2.05) is 0 Å². The van der Waals surface area contributed by atoms with Crippen molar-refractivity contribution in [2.24, 2.45) is 5.92 Å². The molecule has 0 bridgehead atoms. The second kappa shape index (κ2) is 6.55. The van der Waals surface area contributed by atoms with Gasteiger partial charge in [-0.25, -0.2) is 0 Å². The van der Waals surface area contributed by atoms with E-state index in [0.29, 0.717) is 6.04 Å². The van der Waals surface area contributed by atoms with Crippen LogP contribution >= 0.6 is 0 Å². The van der Waals surface area contributed by atoms with Crippen molar-refractivity contribution in [1.82, 2.24) is 5.32 Å². The van der Waals surface area contributed by atoms with Crippen molar-refractivity contribution in [3.63, 3.8) is 0 Å². The third kappa shape index (κ3) is 3.71. The summed E-state index contributed by atoms with van der Waals surface area (Å²) in [5.41, 5.74) is 0.140. The van der Waals surface area contributed by atoms with Gasteiger partial charge in [-0.15, -0.1) is 0 Å². The van der Waals surface area contributed by atoms with Gasteiger partial charge < -0.3 is 14.8 Å². The summed E-state index contributed by atoms with van der Waals surface area (Å²) in [7, 11) is 0. The van der Waals surface area contributed by atoms with E-state index in [0.717, 1.165) is 38.6 Å². The number of nitrogens with one attached hydrogen (secondary N) is 1. The summed E-state index contributed by atoms with van der Waals surface area (Å²) in [6.45, 7) is 3.93. The van der Waals surface area contributed by atoms with E-state index in [-0.39, 0.29) is 5.60 Å². The highest BCUT2D eigenvalue weighted by molar-refractivity contribution is 4.91. The molecular formula is C16H29NO2. The molecule has 1 unspecified atom stereocenters. The van der Waals surface area contributed by atoms with Gasteiger partial charge in [0.25, 0.3) is 0 Å². The maximum Gasteiger partial charge on any atom is 0.0741 e. The quantitative estimate of drug-likeness (QED) is 0.853. The third-order valence-electron chi connectivity index (χ3n) is 5.32. The largest absolute Gasteiger partial charge is 0.381 e. The zero-order valence-electron chi connectivity index (χ0n) is 12.2. The summed E-state index contributed by atoms with van der Waals surface area (Å²) in [5, 5.41) is 3.84. The molecule has 2 heterocycles. The number of rotatable bonds is 3. The minimum absolute atomic E-state index is 0.140. The lowest BCUT2D eigenvalue weighted by Crippen LogP contribution is -2.50. The van der Waals surface area contributed by atoms with Crippen molar-refractivity contribution in [2.45, 2.75) is 69.4 Å². The molecule has 3 fully saturated rings. The van der Waals surface area contributed by atoms with Crippen LogP contribution in [0.15, 0.2) is 0 Å². The molecule has 0 aromatic heterocycles. The molecule has 0 aromatic rings. The van der Waals surface area contributed by atoms with Crippen molar-refractivity contribution in [1.29, 1.82) is 0 Å². The molecule has 3 rings (SSSR count). The lowest BCUT2D eigenvalue weighted by Gasteiger charge is -2.43. The molecule has 1 atom stereocenters. The Morgan fingerprint density at radius 1 is 0.947 bits per heavy atom. The maximum atomic E-state index is 6.11. The molecule has 0 radical (unpaired) electrons.